The molecule has 0 N–H and O–H groups in total. The van der Waals surface area contributed by atoms with Gasteiger partial charge in [-0.1, -0.05) is 62.3 Å². The van der Waals surface area contributed by atoms with Gasteiger partial charge < -0.3 is 14.2 Å². The molecule has 0 amide bonds. The van der Waals surface area contributed by atoms with E-state index in [9.17, 15) is 0 Å². The van der Waals surface area contributed by atoms with Gasteiger partial charge in [0.25, 0.3) is 0 Å². The van der Waals surface area contributed by atoms with Crippen molar-refractivity contribution in [1.29, 1.82) is 0 Å². The first-order chi connectivity index (χ1) is 11.7. The Morgan fingerprint density at radius 2 is 1.32 bits per heavy atom. The molecule has 2 rings (SSSR count). The van der Waals surface area contributed by atoms with Gasteiger partial charge in [0.2, 0.25) is 0 Å². The second kappa shape index (κ2) is 8.71. The largest absolute Gasteiger partial charge is 0.372 e. The van der Waals surface area contributed by atoms with Gasteiger partial charge in [-0.15, -0.1) is 0 Å². The van der Waals surface area contributed by atoms with E-state index in [1.807, 2.05) is 0 Å². The van der Waals surface area contributed by atoms with Crippen molar-refractivity contribution in [2.24, 2.45) is 35.5 Å². The minimum absolute atomic E-state index is 0.107. The van der Waals surface area contributed by atoms with Gasteiger partial charge in [-0.3, -0.25) is 0 Å². The molecule has 25 heavy (non-hydrogen) atoms. The first kappa shape index (κ1) is 21.2. The number of hydrogen-bond acceptors (Lipinski definition) is 3. The maximum Gasteiger partial charge on any atom is 0.161 e. The molecule has 3 nitrogen and oxygen atoms in total. The normalized spacial score (nSPS) is 48.7. The molecule has 0 aromatic heterocycles. The Bertz CT molecular complexity index is 406. The lowest BCUT2D eigenvalue weighted by molar-refractivity contribution is -0.302. The Morgan fingerprint density at radius 1 is 0.720 bits per heavy atom. The minimum Gasteiger partial charge on any atom is -0.372 e. The third kappa shape index (κ3) is 4.25. The fourth-order valence-corrected chi connectivity index (χ4v) is 4.91. The summed E-state index contributed by atoms with van der Waals surface area (Å²) in [5.41, 5.74) is 0. The van der Waals surface area contributed by atoms with Crippen LogP contribution in [-0.4, -0.2) is 30.7 Å². The lowest BCUT2D eigenvalue weighted by atomic mass is 9.76. The molecule has 0 spiro atoms. The molecule has 0 aromatic carbocycles. The first-order valence-electron chi connectivity index (χ1n) is 10.7. The van der Waals surface area contributed by atoms with Crippen molar-refractivity contribution >= 4 is 0 Å². The summed E-state index contributed by atoms with van der Waals surface area (Å²) in [7, 11) is 0. The predicted molar refractivity (Wildman–Crippen MR) is 103 cm³/mol. The van der Waals surface area contributed by atoms with Gasteiger partial charge in [-0.05, 0) is 42.4 Å². The monoisotopic (exact) mass is 354 g/mol. The number of hydrogen-bond donors (Lipinski definition) is 0. The highest BCUT2D eigenvalue weighted by atomic mass is 16.7. The van der Waals surface area contributed by atoms with Crippen LogP contribution in [0, 0.1) is 35.5 Å². The molecule has 0 aliphatic carbocycles. The average molecular weight is 355 g/mol. The Kier molecular flexibility index (Phi) is 7.38. The fraction of sp³-hybridized carbons (Fsp3) is 1.00. The number of rotatable bonds is 5. The molecule has 2 fully saturated rings. The van der Waals surface area contributed by atoms with Gasteiger partial charge in [0.15, 0.2) is 6.29 Å². The van der Waals surface area contributed by atoms with E-state index < -0.39 is 0 Å². The van der Waals surface area contributed by atoms with Crippen molar-refractivity contribution in [3.05, 3.63) is 0 Å². The maximum absolute atomic E-state index is 6.66. The summed E-state index contributed by atoms with van der Waals surface area (Å²) in [6, 6.07) is 0. The van der Waals surface area contributed by atoms with Crippen molar-refractivity contribution in [3.8, 4) is 0 Å². The summed E-state index contributed by atoms with van der Waals surface area (Å²) in [5, 5.41) is 0. The molecular weight excluding hydrogens is 312 g/mol. The van der Waals surface area contributed by atoms with E-state index in [0.29, 0.717) is 47.7 Å². The van der Waals surface area contributed by atoms with E-state index >= 15 is 0 Å². The zero-order valence-electron chi connectivity index (χ0n) is 18.0. The predicted octanol–water partition coefficient (Wildman–Crippen LogP) is 5.52. The summed E-state index contributed by atoms with van der Waals surface area (Å²) in [6.07, 6.45) is 2.87. The van der Waals surface area contributed by atoms with Crippen LogP contribution < -0.4 is 0 Å². The van der Waals surface area contributed by atoms with Crippen molar-refractivity contribution in [1.82, 2.24) is 0 Å². The van der Waals surface area contributed by atoms with Crippen LogP contribution >= 0.6 is 0 Å². The average Bonchev–Trinajstić information content (AvgIpc) is 2.58. The van der Waals surface area contributed by atoms with Gasteiger partial charge in [0, 0.05) is 5.92 Å². The number of ether oxygens (including phenoxy) is 3. The Morgan fingerprint density at radius 3 is 1.84 bits per heavy atom. The summed E-state index contributed by atoms with van der Waals surface area (Å²) in [6.45, 7) is 20.6. The second-order valence-corrected chi connectivity index (χ2v) is 9.14. The molecule has 2 aliphatic heterocycles. The fourth-order valence-electron chi connectivity index (χ4n) is 4.91. The summed E-state index contributed by atoms with van der Waals surface area (Å²) in [4.78, 5) is 0. The van der Waals surface area contributed by atoms with E-state index in [0.717, 1.165) is 12.8 Å². The van der Waals surface area contributed by atoms with Crippen LogP contribution in [0.15, 0.2) is 0 Å². The lowest BCUT2D eigenvalue weighted by Gasteiger charge is -2.50. The molecular formula is C22H42O3. The van der Waals surface area contributed by atoms with Gasteiger partial charge in [-0.25, -0.2) is 0 Å². The molecule has 148 valence electrons. The van der Waals surface area contributed by atoms with Gasteiger partial charge in [0.05, 0.1) is 24.4 Å². The summed E-state index contributed by atoms with van der Waals surface area (Å²) in [5.74, 6) is 3.15. The Balaban J connectivity index is 2.14. The van der Waals surface area contributed by atoms with Gasteiger partial charge in [0.1, 0.15) is 0 Å². The van der Waals surface area contributed by atoms with E-state index in [4.69, 9.17) is 14.2 Å². The molecule has 0 radical (unpaired) electrons. The molecule has 2 heterocycles. The summed E-state index contributed by atoms with van der Waals surface area (Å²) < 4.78 is 19.6. The van der Waals surface area contributed by atoms with E-state index in [-0.39, 0.29) is 18.5 Å². The van der Waals surface area contributed by atoms with E-state index in [2.05, 4.69) is 62.3 Å². The van der Waals surface area contributed by atoms with Crippen LogP contribution in [0.5, 0.6) is 0 Å². The van der Waals surface area contributed by atoms with E-state index in [1.165, 1.54) is 0 Å². The van der Waals surface area contributed by atoms with Crippen LogP contribution in [0.25, 0.3) is 0 Å². The highest BCUT2D eigenvalue weighted by molar-refractivity contribution is 4.91. The third-order valence-electron chi connectivity index (χ3n) is 7.30. The molecule has 4 unspecified atom stereocenters. The third-order valence-corrected chi connectivity index (χ3v) is 7.30. The van der Waals surface area contributed by atoms with E-state index in [1.54, 1.807) is 0 Å². The van der Waals surface area contributed by atoms with Crippen LogP contribution in [0.1, 0.15) is 75.2 Å². The quantitative estimate of drug-likeness (QED) is 0.650. The lowest BCUT2D eigenvalue weighted by Crippen LogP contribution is -2.55. The SMILES string of the molecule is CCC1O[C@@H](O[C@H]2C(CC)O[C@@H](C(C)C)C(C)[C@H]2C)C(C)[C@@H](C)[C@H]1C. The topological polar surface area (TPSA) is 27.7 Å². The van der Waals surface area contributed by atoms with Crippen molar-refractivity contribution in [2.75, 3.05) is 0 Å². The minimum atomic E-state index is -0.107. The molecule has 0 aromatic rings. The molecule has 2 aliphatic rings. The molecule has 0 saturated carbocycles. The molecule has 3 heteroatoms. The van der Waals surface area contributed by atoms with Crippen LogP contribution in [0.2, 0.25) is 0 Å². The Labute approximate surface area is 156 Å². The maximum atomic E-state index is 6.66. The van der Waals surface area contributed by atoms with Crippen LogP contribution in [-0.2, 0) is 14.2 Å². The zero-order chi connectivity index (χ0) is 18.9. The standard InChI is InChI=1S/C22H42O3/c1-10-18-14(6)13(5)17(9)22(24-18)25-21-16(8)15(7)20(12(3)4)23-19(21)11-2/h12-22H,10-11H2,1-9H3/t13-,14+,15?,16+,17?,18?,19?,20-,21+,22-/m0/s1. The van der Waals surface area contributed by atoms with Crippen molar-refractivity contribution < 1.29 is 14.2 Å². The first-order valence-corrected chi connectivity index (χ1v) is 10.7. The van der Waals surface area contributed by atoms with Gasteiger partial charge in [-0.2, -0.15) is 0 Å². The highest BCUT2D eigenvalue weighted by Crippen LogP contribution is 2.41. The molecule has 2 saturated heterocycles. The van der Waals surface area contributed by atoms with Crippen molar-refractivity contribution in [3.63, 3.8) is 0 Å². The zero-order valence-corrected chi connectivity index (χ0v) is 18.0. The smallest absolute Gasteiger partial charge is 0.161 e. The Hall–Kier alpha value is -0.120. The van der Waals surface area contributed by atoms with Crippen LogP contribution in [0.3, 0.4) is 0 Å². The molecule has 0 bridgehead atoms. The summed E-state index contributed by atoms with van der Waals surface area (Å²) >= 11 is 0. The second-order valence-electron chi connectivity index (χ2n) is 9.14. The van der Waals surface area contributed by atoms with Gasteiger partial charge >= 0.3 is 0 Å². The highest BCUT2D eigenvalue weighted by Gasteiger charge is 2.46. The van der Waals surface area contributed by atoms with Crippen molar-refractivity contribution in [2.45, 2.75) is 106 Å². The molecule has 10 atom stereocenters. The van der Waals surface area contributed by atoms with Crippen LogP contribution in [0.4, 0.5) is 0 Å².